The lowest BCUT2D eigenvalue weighted by Gasteiger charge is -2.31. The maximum Gasteiger partial charge on any atom is 0.270 e. The smallest absolute Gasteiger partial charge is 0.270 e. The molecule has 6 aromatic rings. The summed E-state index contributed by atoms with van der Waals surface area (Å²) < 4.78 is 7.52. The molecular weight excluding hydrogens is 660 g/mol. The Balaban J connectivity index is 0.942. The van der Waals surface area contributed by atoms with Crippen molar-refractivity contribution in [2.45, 2.75) is 38.5 Å². The van der Waals surface area contributed by atoms with E-state index in [0.29, 0.717) is 45.8 Å². The van der Waals surface area contributed by atoms with E-state index in [1.165, 1.54) is 0 Å². The van der Waals surface area contributed by atoms with E-state index in [0.717, 1.165) is 47.4 Å². The standard InChI is InChI=1S/C39H32N8O5/c1-22-18-26-30(46(2)39(22)51)8-3-9-31(26)47-17-5-7-28-32(47)21-43-36(44-28)23-10-12-29(42-20-23)38(50)41-15-4-6-24-19-27-33(52-24)14-16-40-35(27)25-11-13-34(48)45-37(25)49/h3,8-10,12,14,16,18-21,25H,5,7,11,13,15,17H2,1-2H3,(H,41,50)(H,45,48,49). The van der Waals surface area contributed by atoms with Gasteiger partial charge in [0.05, 0.1) is 46.9 Å². The molecule has 13 heteroatoms. The number of benzene rings is 1. The van der Waals surface area contributed by atoms with Crippen molar-refractivity contribution in [3.8, 4) is 23.2 Å². The van der Waals surface area contributed by atoms with Gasteiger partial charge in [0.2, 0.25) is 11.8 Å². The SMILES string of the molecule is Cc1cc2c(N3CCCc4nc(-c5ccc(C(=O)NCC#Cc6cc7c(C8CCC(=O)NC8=O)nccc7o6)nc5)ncc43)cccc2n(C)c1=O. The number of aromatic nitrogens is 5. The van der Waals surface area contributed by atoms with Crippen molar-refractivity contribution in [2.75, 3.05) is 18.0 Å². The Kier molecular flexibility index (Phi) is 8.27. The molecule has 1 aromatic carbocycles. The molecular formula is C39H32N8O5. The lowest BCUT2D eigenvalue weighted by Crippen LogP contribution is -2.39. The van der Waals surface area contributed by atoms with Gasteiger partial charge in [-0.2, -0.15) is 0 Å². The van der Waals surface area contributed by atoms with Gasteiger partial charge in [0, 0.05) is 60.4 Å². The van der Waals surface area contributed by atoms with E-state index in [1.54, 1.807) is 48.3 Å². The Labute approximate surface area is 297 Å². The van der Waals surface area contributed by atoms with Crippen LogP contribution in [0.3, 0.4) is 0 Å². The van der Waals surface area contributed by atoms with Gasteiger partial charge in [-0.3, -0.25) is 34.5 Å². The van der Waals surface area contributed by atoms with Crippen molar-refractivity contribution in [2.24, 2.45) is 7.05 Å². The molecule has 0 radical (unpaired) electrons. The molecule has 0 spiro atoms. The first-order chi connectivity index (χ1) is 25.2. The van der Waals surface area contributed by atoms with E-state index in [2.05, 4.69) is 48.4 Å². The Hall–Kier alpha value is -6.68. The number of aryl methyl sites for hydroxylation is 3. The van der Waals surface area contributed by atoms with Crippen molar-refractivity contribution < 1.29 is 18.8 Å². The van der Waals surface area contributed by atoms with Gasteiger partial charge in [0.1, 0.15) is 11.3 Å². The van der Waals surface area contributed by atoms with Crippen LogP contribution in [-0.2, 0) is 23.1 Å². The predicted octanol–water partition coefficient (Wildman–Crippen LogP) is 4.23. The largest absolute Gasteiger partial charge is 0.448 e. The Morgan fingerprint density at radius 3 is 2.73 bits per heavy atom. The molecule has 1 saturated heterocycles. The fraction of sp³-hybridized carbons (Fsp3) is 0.231. The zero-order valence-corrected chi connectivity index (χ0v) is 28.4. The van der Waals surface area contributed by atoms with Crippen LogP contribution in [0.25, 0.3) is 33.3 Å². The van der Waals surface area contributed by atoms with Gasteiger partial charge in [0.25, 0.3) is 11.5 Å². The summed E-state index contributed by atoms with van der Waals surface area (Å²) in [6.07, 6.45) is 7.30. The van der Waals surface area contributed by atoms with Crippen LogP contribution in [0.15, 0.2) is 76.3 Å². The number of carbonyl (C=O) groups is 3. The molecule has 2 aliphatic heterocycles. The molecule has 5 aromatic heterocycles. The Morgan fingerprint density at radius 2 is 1.90 bits per heavy atom. The summed E-state index contributed by atoms with van der Waals surface area (Å²) in [6, 6.07) is 14.7. The molecule has 1 unspecified atom stereocenters. The molecule has 1 atom stereocenters. The first-order valence-corrected chi connectivity index (χ1v) is 16.9. The zero-order chi connectivity index (χ0) is 35.9. The zero-order valence-electron chi connectivity index (χ0n) is 28.4. The maximum absolute atomic E-state index is 12.8. The van der Waals surface area contributed by atoms with Crippen LogP contribution in [0.4, 0.5) is 11.4 Å². The number of hydrogen-bond acceptors (Lipinski definition) is 10. The summed E-state index contributed by atoms with van der Waals surface area (Å²) in [4.78, 5) is 69.9. The second kappa shape index (κ2) is 13.2. The van der Waals surface area contributed by atoms with Crippen molar-refractivity contribution in [3.63, 3.8) is 0 Å². The predicted molar refractivity (Wildman–Crippen MR) is 193 cm³/mol. The van der Waals surface area contributed by atoms with E-state index in [1.807, 2.05) is 31.3 Å². The van der Waals surface area contributed by atoms with Crippen LogP contribution >= 0.6 is 0 Å². The summed E-state index contributed by atoms with van der Waals surface area (Å²) in [5.74, 6) is 5.07. The van der Waals surface area contributed by atoms with Crippen LogP contribution in [0.1, 0.15) is 58.4 Å². The highest BCUT2D eigenvalue weighted by atomic mass is 16.3. The van der Waals surface area contributed by atoms with Crippen molar-refractivity contribution in [3.05, 3.63) is 106 Å². The molecule has 258 valence electrons. The number of pyridine rings is 3. The molecule has 7 heterocycles. The average molecular weight is 693 g/mol. The summed E-state index contributed by atoms with van der Waals surface area (Å²) in [5.41, 5.74) is 6.36. The molecule has 8 rings (SSSR count). The summed E-state index contributed by atoms with van der Waals surface area (Å²) in [6.45, 7) is 2.68. The summed E-state index contributed by atoms with van der Waals surface area (Å²) >= 11 is 0. The number of rotatable bonds is 5. The van der Waals surface area contributed by atoms with E-state index in [4.69, 9.17) is 9.40 Å². The highest BCUT2D eigenvalue weighted by Gasteiger charge is 2.31. The number of hydrogen-bond donors (Lipinski definition) is 2. The van der Waals surface area contributed by atoms with Gasteiger partial charge < -0.3 is 19.2 Å². The van der Waals surface area contributed by atoms with Gasteiger partial charge in [-0.15, -0.1) is 0 Å². The quantitative estimate of drug-likeness (QED) is 0.197. The first-order valence-electron chi connectivity index (χ1n) is 16.9. The van der Waals surface area contributed by atoms with Crippen LogP contribution < -0.4 is 21.1 Å². The normalized spacial score (nSPS) is 15.6. The third kappa shape index (κ3) is 5.94. The van der Waals surface area contributed by atoms with Gasteiger partial charge in [-0.05, 0) is 68.5 Å². The number of fused-ring (bicyclic) bond motifs is 3. The first kappa shape index (κ1) is 32.5. The van der Waals surface area contributed by atoms with Gasteiger partial charge in [-0.1, -0.05) is 12.0 Å². The number of nitrogens with one attached hydrogen (secondary N) is 2. The fourth-order valence-corrected chi connectivity index (χ4v) is 6.89. The number of imide groups is 1. The monoisotopic (exact) mass is 692 g/mol. The number of piperidine rings is 1. The highest BCUT2D eigenvalue weighted by molar-refractivity contribution is 6.02. The number of furan rings is 1. The number of amides is 3. The third-order valence-electron chi connectivity index (χ3n) is 9.50. The van der Waals surface area contributed by atoms with Crippen molar-refractivity contribution in [1.82, 2.24) is 35.1 Å². The highest BCUT2D eigenvalue weighted by Crippen LogP contribution is 2.37. The number of carbonyl (C=O) groups excluding carboxylic acids is 3. The molecule has 2 N–H and O–H groups in total. The van der Waals surface area contributed by atoms with Crippen LogP contribution in [-0.4, -0.2) is 55.3 Å². The van der Waals surface area contributed by atoms with Crippen molar-refractivity contribution >= 4 is 51.0 Å². The minimum atomic E-state index is -0.549. The van der Waals surface area contributed by atoms with Crippen LogP contribution in [0.2, 0.25) is 0 Å². The third-order valence-corrected chi connectivity index (χ3v) is 9.50. The van der Waals surface area contributed by atoms with Crippen LogP contribution in [0, 0.1) is 18.8 Å². The summed E-state index contributed by atoms with van der Waals surface area (Å²) in [5, 5.41) is 6.77. The van der Waals surface area contributed by atoms with E-state index < -0.39 is 5.92 Å². The molecule has 0 bridgehead atoms. The molecule has 2 aliphatic rings. The second-order valence-electron chi connectivity index (χ2n) is 12.8. The minimum absolute atomic E-state index is 0.0100. The van der Waals surface area contributed by atoms with Crippen LogP contribution in [0.5, 0.6) is 0 Å². The fourth-order valence-electron chi connectivity index (χ4n) is 6.89. The topological polar surface area (TPSA) is 165 Å². The van der Waals surface area contributed by atoms with Crippen molar-refractivity contribution in [1.29, 1.82) is 0 Å². The van der Waals surface area contributed by atoms with Gasteiger partial charge >= 0.3 is 0 Å². The second-order valence-corrected chi connectivity index (χ2v) is 12.8. The Morgan fingerprint density at radius 1 is 1.02 bits per heavy atom. The Bertz CT molecular complexity index is 2560. The summed E-state index contributed by atoms with van der Waals surface area (Å²) in [7, 11) is 1.80. The van der Waals surface area contributed by atoms with E-state index in [9.17, 15) is 19.2 Å². The number of anilines is 2. The molecule has 52 heavy (non-hydrogen) atoms. The minimum Gasteiger partial charge on any atom is -0.448 e. The van der Waals surface area contributed by atoms with E-state index >= 15 is 0 Å². The molecule has 13 nitrogen and oxygen atoms in total. The molecule has 0 aliphatic carbocycles. The molecule has 3 amide bonds. The maximum atomic E-state index is 12.8. The average Bonchev–Trinajstić information content (AvgIpc) is 3.58. The lowest BCUT2D eigenvalue weighted by atomic mass is 9.92. The molecule has 0 saturated carbocycles. The van der Waals surface area contributed by atoms with E-state index in [-0.39, 0.29) is 41.9 Å². The molecule has 1 fully saturated rings. The lowest BCUT2D eigenvalue weighted by molar-refractivity contribution is -0.134. The number of nitrogens with zero attached hydrogens (tertiary/aromatic N) is 6. The van der Waals surface area contributed by atoms with Gasteiger partial charge in [0.15, 0.2) is 11.6 Å². The van der Waals surface area contributed by atoms with Gasteiger partial charge in [-0.25, -0.2) is 9.97 Å².